The molecular weight excluding hydrogens is 480 g/mol. The predicted octanol–water partition coefficient (Wildman–Crippen LogP) is 2.96. The normalized spacial score (nSPS) is 11.9. The summed E-state index contributed by atoms with van der Waals surface area (Å²) in [6.45, 7) is 0. The van der Waals surface area contributed by atoms with E-state index in [1.807, 2.05) is 6.07 Å². The second-order valence-electron chi connectivity index (χ2n) is 7.42. The number of ether oxygens (including phenoxy) is 1. The van der Waals surface area contributed by atoms with Crippen LogP contribution in [0.3, 0.4) is 0 Å². The lowest BCUT2D eigenvalue weighted by molar-refractivity contribution is -0.384. The summed E-state index contributed by atoms with van der Waals surface area (Å²) in [6, 6.07) is 23.0. The Balaban J connectivity index is 1.93. The summed E-state index contributed by atoms with van der Waals surface area (Å²) in [5.74, 6) is -0.170. The SMILES string of the molecule is COc1cccc(NC(=O)C(C#N)=c2sc(=Cc3cccc([N+](=O)[O-])c3)c(=O)n2-c2ccccc2)c1. The molecular formula is C26H18N4O5S. The number of thiazole rings is 1. The van der Waals surface area contributed by atoms with Gasteiger partial charge in [-0.15, -0.1) is 11.3 Å². The summed E-state index contributed by atoms with van der Waals surface area (Å²) >= 11 is 0.949. The molecule has 0 bridgehead atoms. The van der Waals surface area contributed by atoms with Crippen LogP contribution in [0.15, 0.2) is 83.7 Å². The van der Waals surface area contributed by atoms with Crippen LogP contribution >= 0.6 is 11.3 Å². The average molecular weight is 499 g/mol. The second kappa shape index (κ2) is 10.5. The number of nitro benzene ring substituents is 1. The van der Waals surface area contributed by atoms with Gasteiger partial charge in [-0.2, -0.15) is 5.26 Å². The van der Waals surface area contributed by atoms with Gasteiger partial charge in [0.15, 0.2) is 5.57 Å². The Bertz CT molecular complexity index is 1680. The van der Waals surface area contributed by atoms with Crippen molar-refractivity contribution in [3.63, 3.8) is 0 Å². The van der Waals surface area contributed by atoms with Crippen molar-refractivity contribution in [1.82, 2.24) is 4.57 Å². The highest BCUT2D eigenvalue weighted by atomic mass is 32.1. The lowest BCUT2D eigenvalue weighted by Gasteiger charge is -2.07. The number of methoxy groups -OCH3 is 1. The number of non-ortho nitro benzene ring substituents is 1. The molecule has 9 nitrogen and oxygen atoms in total. The average Bonchev–Trinajstić information content (AvgIpc) is 3.20. The molecule has 0 unspecified atom stereocenters. The number of carbonyl (C=O) groups excluding carboxylic acids is 1. The minimum atomic E-state index is -0.696. The maximum atomic E-state index is 13.4. The quantitative estimate of drug-likeness (QED) is 0.322. The summed E-state index contributed by atoms with van der Waals surface area (Å²) in [5.41, 5.74) is 0.478. The van der Waals surface area contributed by atoms with E-state index in [1.54, 1.807) is 60.7 Å². The van der Waals surface area contributed by atoms with Gasteiger partial charge in [-0.05, 0) is 35.9 Å². The zero-order valence-corrected chi connectivity index (χ0v) is 19.7. The van der Waals surface area contributed by atoms with Crippen LogP contribution in [0.4, 0.5) is 11.4 Å². The van der Waals surface area contributed by atoms with E-state index < -0.39 is 16.4 Å². The fourth-order valence-electron chi connectivity index (χ4n) is 3.43. The molecule has 0 saturated carbocycles. The van der Waals surface area contributed by atoms with Crippen LogP contribution in [-0.2, 0) is 4.79 Å². The molecule has 3 aromatic carbocycles. The molecule has 1 N–H and O–H groups in total. The molecule has 0 spiro atoms. The molecule has 0 saturated heterocycles. The Kier molecular flexibility index (Phi) is 7.04. The molecule has 10 heteroatoms. The summed E-state index contributed by atoms with van der Waals surface area (Å²) in [6.07, 6.45) is 1.50. The number of para-hydroxylation sites is 1. The highest BCUT2D eigenvalue weighted by molar-refractivity contribution is 7.07. The van der Waals surface area contributed by atoms with Crippen molar-refractivity contribution in [2.45, 2.75) is 0 Å². The van der Waals surface area contributed by atoms with Crippen molar-refractivity contribution >= 4 is 40.3 Å². The van der Waals surface area contributed by atoms with Gasteiger partial charge in [0.25, 0.3) is 17.2 Å². The Morgan fingerprint density at radius 2 is 1.86 bits per heavy atom. The second-order valence-corrected chi connectivity index (χ2v) is 8.45. The first-order valence-corrected chi connectivity index (χ1v) is 11.4. The number of nitriles is 1. The molecule has 0 fully saturated rings. The summed E-state index contributed by atoms with van der Waals surface area (Å²) in [4.78, 5) is 37.2. The van der Waals surface area contributed by atoms with E-state index in [0.29, 0.717) is 22.7 Å². The van der Waals surface area contributed by atoms with Gasteiger partial charge in [-0.25, -0.2) is 0 Å². The maximum absolute atomic E-state index is 13.4. The minimum Gasteiger partial charge on any atom is -0.497 e. The van der Waals surface area contributed by atoms with Gasteiger partial charge in [0.2, 0.25) is 0 Å². The molecule has 0 radical (unpaired) electrons. The van der Waals surface area contributed by atoms with Crippen molar-refractivity contribution in [3.8, 4) is 17.5 Å². The molecule has 178 valence electrons. The molecule has 4 rings (SSSR count). The van der Waals surface area contributed by atoms with E-state index in [1.165, 1.54) is 36.0 Å². The van der Waals surface area contributed by atoms with Crippen LogP contribution in [0.2, 0.25) is 0 Å². The number of nitro groups is 1. The van der Waals surface area contributed by atoms with Gasteiger partial charge in [-0.1, -0.05) is 36.4 Å². The third-order valence-corrected chi connectivity index (χ3v) is 6.19. The fourth-order valence-corrected chi connectivity index (χ4v) is 4.53. The Morgan fingerprint density at radius 1 is 1.11 bits per heavy atom. The molecule has 36 heavy (non-hydrogen) atoms. The van der Waals surface area contributed by atoms with Gasteiger partial charge >= 0.3 is 0 Å². The minimum absolute atomic E-state index is 0.120. The molecule has 4 aromatic rings. The van der Waals surface area contributed by atoms with Gasteiger partial charge in [0.1, 0.15) is 16.5 Å². The number of anilines is 1. The van der Waals surface area contributed by atoms with E-state index in [-0.39, 0.29) is 20.5 Å². The van der Waals surface area contributed by atoms with Crippen molar-refractivity contribution in [3.05, 3.63) is 114 Å². The molecule has 1 heterocycles. The van der Waals surface area contributed by atoms with E-state index in [9.17, 15) is 25.0 Å². The number of aromatic nitrogens is 1. The van der Waals surface area contributed by atoms with E-state index >= 15 is 0 Å². The van der Waals surface area contributed by atoms with Crippen molar-refractivity contribution < 1.29 is 14.5 Å². The molecule has 0 aliphatic carbocycles. The summed E-state index contributed by atoms with van der Waals surface area (Å²) in [5, 5.41) is 23.7. The number of nitrogens with one attached hydrogen (secondary N) is 1. The van der Waals surface area contributed by atoms with Crippen molar-refractivity contribution in [2.24, 2.45) is 0 Å². The van der Waals surface area contributed by atoms with Gasteiger partial charge < -0.3 is 10.1 Å². The monoisotopic (exact) mass is 498 g/mol. The number of benzene rings is 3. The van der Waals surface area contributed by atoms with Crippen LogP contribution in [-0.4, -0.2) is 22.5 Å². The molecule has 0 atom stereocenters. The number of hydrogen-bond donors (Lipinski definition) is 1. The van der Waals surface area contributed by atoms with Crippen LogP contribution in [0, 0.1) is 21.4 Å². The molecule has 1 aromatic heterocycles. The number of nitrogens with zero attached hydrogens (tertiary/aromatic N) is 3. The number of rotatable bonds is 6. The number of amides is 1. The van der Waals surface area contributed by atoms with E-state index in [0.717, 1.165) is 11.3 Å². The van der Waals surface area contributed by atoms with Gasteiger partial charge in [-0.3, -0.25) is 24.3 Å². The number of carbonyl (C=O) groups is 1. The maximum Gasteiger partial charge on any atom is 0.273 e. The van der Waals surface area contributed by atoms with Gasteiger partial charge in [0.05, 0.1) is 22.3 Å². The van der Waals surface area contributed by atoms with E-state index in [4.69, 9.17) is 4.74 Å². The predicted molar refractivity (Wildman–Crippen MR) is 136 cm³/mol. The van der Waals surface area contributed by atoms with Crippen LogP contribution in [0.1, 0.15) is 5.56 Å². The smallest absolute Gasteiger partial charge is 0.273 e. The van der Waals surface area contributed by atoms with Crippen LogP contribution in [0.25, 0.3) is 17.3 Å². The highest BCUT2D eigenvalue weighted by Crippen LogP contribution is 2.17. The summed E-state index contributed by atoms with van der Waals surface area (Å²) < 4.78 is 6.80. The van der Waals surface area contributed by atoms with Crippen molar-refractivity contribution in [1.29, 1.82) is 5.26 Å². The Morgan fingerprint density at radius 3 is 2.56 bits per heavy atom. The third-order valence-electron chi connectivity index (χ3n) is 5.10. The fraction of sp³-hybridized carbons (Fsp3) is 0.0385. The lowest BCUT2D eigenvalue weighted by Crippen LogP contribution is -2.32. The van der Waals surface area contributed by atoms with Gasteiger partial charge in [0, 0.05) is 23.9 Å². The topological polar surface area (TPSA) is 127 Å². The first-order valence-electron chi connectivity index (χ1n) is 10.5. The van der Waals surface area contributed by atoms with Crippen LogP contribution < -0.4 is 24.8 Å². The van der Waals surface area contributed by atoms with Crippen LogP contribution in [0.5, 0.6) is 5.75 Å². The molecule has 0 aliphatic rings. The standard InChI is InChI=1S/C26H18N4O5S/c1-35-21-12-6-8-18(15-21)28-24(31)22(16-27)26-29(19-9-3-2-4-10-19)25(32)23(36-26)14-17-7-5-11-20(13-17)30(33)34/h2-15H,1H3,(H,28,31). The largest absolute Gasteiger partial charge is 0.497 e. The highest BCUT2D eigenvalue weighted by Gasteiger charge is 2.17. The third kappa shape index (κ3) is 5.06. The zero-order valence-electron chi connectivity index (χ0n) is 18.9. The lowest BCUT2D eigenvalue weighted by atomic mass is 10.2. The number of hydrogen-bond acceptors (Lipinski definition) is 7. The van der Waals surface area contributed by atoms with Crippen molar-refractivity contribution in [2.75, 3.05) is 12.4 Å². The molecule has 0 aliphatic heterocycles. The van der Waals surface area contributed by atoms with E-state index in [2.05, 4.69) is 5.32 Å². The zero-order chi connectivity index (χ0) is 25.7. The molecule has 1 amide bonds. The first-order chi connectivity index (χ1) is 17.4. The first kappa shape index (κ1) is 24.1. The summed E-state index contributed by atoms with van der Waals surface area (Å²) in [7, 11) is 1.50. The Hall–Kier alpha value is -5.01. The Labute approximate surface area is 208 Å².